The number of carbonyl (C=O) groups is 2. The zero-order chi connectivity index (χ0) is 14.1. The van der Waals surface area contributed by atoms with Gasteiger partial charge in [-0.3, -0.25) is 9.59 Å². The number of thiophene rings is 1. The highest BCUT2D eigenvalue weighted by molar-refractivity contribution is 7.14. The van der Waals surface area contributed by atoms with Crippen molar-refractivity contribution in [3.63, 3.8) is 0 Å². The Morgan fingerprint density at radius 2 is 2.20 bits per heavy atom. The molecule has 1 aliphatic heterocycles. The van der Waals surface area contributed by atoms with Crippen LogP contribution in [-0.2, 0) is 22.4 Å². The van der Waals surface area contributed by atoms with Crippen molar-refractivity contribution in [2.45, 2.75) is 32.1 Å². The van der Waals surface area contributed by atoms with Gasteiger partial charge >= 0.3 is 5.97 Å². The summed E-state index contributed by atoms with van der Waals surface area (Å²) >= 11 is 1.63. The summed E-state index contributed by atoms with van der Waals surface area (Å²) < 4.78 is 4.80. The molecule has 2 aliphatic rings. The lowest BCUT2D eigenvalue weighted by molar-refractivity contribution is -0.146. The average molecular weight is 293 g/mol. The molecule has 0 radical (unpaired) electrons. The highest BCUT2D eigenvalue weighted by atomic mass is 32.1. The van der Waals surface area contributed by atoms with Crippen molar-refractivity contribution in [1.29, 1.82) is 0 Å². The molecular formula is C15H19NO3S. The smallest absolute Gasteiger partial charge is 0.310 e. The van der Waals surface area contributed by atoms with Crippen molar-refractivity contribution in [2.75, 3.05) is 20.2 Å². The first kappa shape index (κ1) is 13.6. The summed E-state index contributed by atoms with van der Waals surface area (Å²) in [4.78, 5) is 28.2. The molecule has 1 fully saturated rings. The van der Waals surface area contributed by atoms with Gasteiger partial charge in [0.2, 0.25) is 0 Å². The summed E-state index contributed by atoms with van der Waals surface area (Å²) in [7, 11) is 1.41. The standard InChI is InChI=1S/C15H19NO3S/c1-19-15(18)11-5-3-7-16(9-11)14(17)13-8-10-4-2-6-12(10)20-13/h8,11H,2-7,9H2,1H3. The minimum atomic E-state index is -0.198. The summed E-state index contributed by atoms with van der Waals surface area (Å²) in [5.41, 5.74) is 1.35. The zero-order valence-corrected chi connectivity index (χ0v) is 12.5. The zero-order valence-electron chi connectivity index (χ0n) is 11.7. The summed E-state index contributed by atoms with van der Waals surface area (Å²) in [6.45, 7) is 1.24. The van der Waals surface area contributed by atoms with Crippen LogP contribution in [0.4, 0.5) is 0 Å². The SMILES string of the molecule is COC(=O)C1CCCN(C(=O)c2cc3c(s2)CCC3)C1. The second-order valence-electron chi connectivity index (χ2n) is 5.53. The molecule has 20 heavy (non-hydrogen) atoms. The molecule has 1 saturated heterocycles. The first-order valence-corrected chi connectivity index (χ1v) is 7.99. The van der Waals surface area contributed by atoms with Gasteiger partial charge in [0.15, 0.2) is 0 Å². The first-order valence-electron chi connectivity index (χ1n) is 7.17. The molecule has 1 aliphatic carbocycles. The molecule has 0 N–H and O–H groups in total. The van der Waals surface area contributed by atoms with Crippen LogP contribution in [0.5, 0.6) is 0 Å². The fraction of sp³-hybridized carbons (Fsp3) is 0.600. The predicted octanol–water partition coefficient (Wildman–Crippen LogP) is 2.26. The molecule has 1 aromatic heterocycles. The minimum absolute atomic E-state index is 0.0815. The molecule has 3 rings (SSSR count). The van der Waals surface area contributed by atoms with E-state index in [-0.39, 0.29) is 17.8 Å². The third-order valence-electron chi connectivity index (χ3n) is 4.20. The van der Waals surface area contributed by atoms with E-state index in [0.29, 0.717) is 6.54 Å². The second kappa shape index (κ2) is 5.56. The summed E-state index contributed by atoms with van der Waals surface area (Å²) in [5.74, 6) is -0.279. The van der Waals surface area contributed by atoms with E-state index in [4.69, 9.17) is 4.74 Å². The van der Waals surface area contributed by atoms with Gasteiger partial charge in [0, 0.05) is 18.0 Å². The Morgan fingerprint density at radius 1 is 1.35 bits per heavy atom. The molecule has 1 amide bonds. The van der Waals surface area contributed by atoms with E-state index in [2.05, 4.69) is 6.07 Å². The predicted molar refractivity (Wildman–Crippen MR) is 77.0 cm³/mol. The van der Waals surface area contributed by atoms with Crippen LogP contribution in [0.1, 0.15) is 39.4 Å². The van der Waals surface area contributed by atoms with Gasteiger partial charge in [-0.05, 0) is 43.7 Å². The van der Waals surface area contributed by atoms with E-state index in [1.807, 2.05) is 4.90 Å². The number of hydrogen-bond acceptors (Lipinski definition) is 4. The molecular weight excluding hydrogens is 274 g/mol. The molecule has 0 aromatic carbocycles. The van der Waals surface area contributed by atoms with E-state index in [1.165, 1.54) is 24.0 Å². The maximum atomic E-state index is 12.5. The number of esters is 1. The molecule has 108 valence electrons. The number of methoxy groups -OCH3 is 1. The summed E-state index contributed by atoms with van der Waals surface area (Å²) in [5, 5.41) is 0. The lowest BCUT2D eigenvalue weighted by Gasteiger charge is -2.31. The first-order chi connectivity index (χ1) is 9.69. The quantitative estimate of drug-likeness (QED) is 0.786. The van der Waals surface area contributed by atoms with Gasteiger partial charge in [0.1, 0.15) is 0 Å². The van der Waals surface area contributed by atoms with Crippen molar-refractivity contribution in [3.8, 4) is 0 Å². The van der Waals surface area contributed by atoms with Crippen LogP contribution in [0.2, 0.25) is 0 Å². The Bertz CT molecular complexity index is 516. The second-order valence-corrected chi connectivity index (χ2v) is 6.66. The van der Waals surface area contributed by atoms with Gasteiger partial charge in [-0.25, -0.2) is 0 Å². The van der Waals surface area contributed by atoms with Crippen molar-refractivity contribution < 1.29 is 14.3 Å². The number of fused-ring (bicyclic) bond motifs is 1. The highest BCUT2D eigenvalue weighted by Gasteiger charge is 2.30. The number of ether oxygens (including phenoxy) is 1. The van der Waals surface area contributed by atoms with Gasteiger partial charge in [-0.1, -0.05) is 0 Å². The lowest BCUT2D eigenvalue weighted by atomic mass is 9.98. The fourth-order valence-corrected chi connectivity index (χ4v) is 4.33. The summed E-state index contributed by atoms with van der Waals surface area (Å²) in [6.07, 6.45) is 5.11. The third kappa shape index (κ3) is 2.46. The number of nitrogens with zero attached hydrogens (tertiary/aromatic N) is 1. The van der Waals surface area contributed by atoms with Gasteiger partial charge in [0.05, 0.1) is 17.9 Å². The van der Waals surface area contributed by atoms with Gasteiger partial charge in [0.25, 0.3) is 5.91 Å². The van der Waals surface area contributed by atoms with Crippen LogP contribution in [-0.4, -0.2) is 37.0 Å². The molecule has 1 atom stereocenters. The van der Waals surface area contributed by atoms with E-state index in [9.17, 15) is 9.59 Å². The molecule has 5 heteroatoms. The average Bonchev–Trinajstić information content (AvgIpc) is 3.07. The van der Waals surface area contributed by atoms with E-state index >= 15 is 0 Å². The van der Waals surface area contributed by atoms with E-state index in [0.717, 1.165) is 37.1 Å². The van der Waals surface area contributed by atoms with Crippen LogP contribution in [0.25, 0.3) is 0 Å². The molecule has 0 bridgehead atoms. The van der Waals surface area contributed by atoms with Gasteiger partial charge in [-0.2, -0.15) is 0 Å². The van der Waals surface area contributed by atoms with Crippen molar-refractivity contribution in [2.24, 2.45) is 5.92 Å². The molecule has 0 saturated carbocycles. The fourth-order valence-electron chi connectivity index (χ4n) is 3.11. The van der Waals surface area contributed by atoms with Crippen LogP contribution < -0.4 is 0 Å². The highest BCUT2D eigenvalue weighted by Crippen LogP contribution is 2.32. The van der Waals surface area contributed by atoms with E-state index < -0.39 is 0 Å². The number of likely N-dealkylation sites (tertiary alicyclic amines) is 1. The molecule has 0 spiro atoms. The topological polar surface area (TPSA) is 46.6 Å². The summed E-state index contributed by atoms with van der Waals surface area (Å²) in [6, 6.07) is 2.05. The Kier molecular flexibility index (Phi) is 3.78. The van der Waals surface area contributed by atoms with Crippen molar-refractivity contribution in [1.82, 2.24) is 4.90 Å². The number of aryl methyl sites for hydroxylation is 2. The number of amides is 1. The Morgan fingerprint density at radius 3 is 2.95 bits per heavy atom. The van der Waals surface area contributed by atoms with Crippen molar-refractivity contribution >= 4 is 23.2 Å². The van der Waals surface area contributed by atoms with Crippen LogP contribution >= 0.6 is 11.3 Å². The maximum Gasteiger partial charge on any atom is 0.310 e. The Balaban J connectivity index is 1.71. The maximum absolute atomic E-state index is 12.5. The molecule has 1 unspecified atom stereocenters. The van der Waals surface area contributed by atoms with Crippen LogP contribution in [0.15, 0.2) is 6.07 Å². The third-order valence-corrected chi connectivity index (χ3v) is 5.43. The molecule has 4 nitrogen and oxygen atoms in total. The number of rotatable bonds is 2. The number of carbonyl (C=O) groups excluding carboxylic acids is 2. The Hall–Kier alpha value is -1.36. The van der Waals surface area contributed by atoms with Crippen LogP contribution in [0.3, 0.4) is 0 Å². The van der Waals surface area contributed by atoms with Gasteiger partial charge in [-0.15, -0.1) is 11.3 Å². The monoisotopic (exact) mass is 293 g/mol. The minimum Gasteiger partial charge on any atom is -0.469 e. The van der Waals surface area contributed by atoms with Crippen molar-refractivity contribution in [3.05, 3.63) is 21.4 Å². The number of piperidine rings is 1. The van der Waals surface area contributed by atoms with Crippen LogP contribution in [0, 0.1) is 5.92 Å². The molecule has 2 heterocycles. The Labute approximate surface area is 122 Å². The van der Waals surface area contributed by atoms with Gasteiger partial charge < -0.3 is 9.64 Å². The molecule has 1 aromatic rings. The normalized spacial score (nSPS) is 21.6. The van der Waals surface area contributed by atoms with E-state index in [1.54, 1.807) is 11.3 Å². The number of hydrogen-bond donors (Lipinski definition) is 0. The largest absolute Gasteiger partial charge is 0.469 e. The lowest BCUT2D eigenvalue weighted by Crippen LogP contribution is -2.42.